The number of ether oxygens (including phenoxy) is 1. The van der Waals surface area contributed by atoms with Crippen molar-refractivity contribution in [3.8, 4) is 0 Å². The summed E-state index contributed by atoms with van der Waals surface area (Å²) in [4.78, 5) is 32.4. The van der Waals surface area contributed by atoms with Crippen LogP contribution in [-0.2, 0) is 14.3 Å². The molecule has 0 aromatic rings. The number of hydrogen-bond donors (Lipinski definition) is 4. The molecule has 0 bridgehead atoms. The third-order valence-electron chi connectivity index (χ3n) is 2.56. The molecule has 1 aliphatic rings. The van der Waals surface area contributed by atoms with E-state index in [-0.39, 0.29) is 6.54 Å². The van der Waals surface area contributed by atoms with Gasteiger partial charge in [0, 0.05) is 13.2 Å². The van der Waals surface area contributed by atoms with Gasteiger partial charge in [0.25, 0.3) is 0 Å². The molecule has 0 heterocycles. The van der Waals surface area contributed by atoms with E-state index in [2.05, 4.69) is 10.6 Å². The molecule has 0 aliphatic heterocycles. The van der Waals surface area contributed by atoms with E-state index in [4.69, 9.17) is 14.9 Å². The number of hydrogen-bond acceptors (Lipinski definition) is 4. The second-order valence-electron chi connectivity index (χ2n) is 4.41. The first kappa shape index (κ1) is 15.2. The quantitative estimate of drug-likeness (QED) is 0.425. The van der Waals surface area contributed by atoms with Gasteiger partial charge in [-0.2, -0.15) is 0 Å². The van der Waals surface area contributed by atoms with E-state index < -0.39 is 30.4 Å². The van der Waals surface area contributed by atoms with Gasteiger partial charge in [0.15, 0.2) is 0 Å². The highest BCUT2D eigenvalue weighted by atomic mass is 16.5. The molecule has 1 atom stereocenters. The van der Waals surface area contributed by atoms with E-state index in [1.807, 2.05) is 0 Å². The number of carbonyl (C=O) groups is 3. The van der Waals surface area contributed by atoms with Crippen LogP contribution < -0.4 is 10.6 Å². The van der Waals surface area contributed by atoms with Crippen LogP contribution in [0.5, 0.6) is 0 Å². The molecule has 8 heteroatoms. The molecular formula is C11H18N2O6. The van der Waals surface area contributed by atoms with Crippen LogP contribution in [0, 0.1) is 5.92 Å². The first-order valence-electron chi connectivity index (χ1n) is 6.05. The Labute approximate surface area is 110 Å². The number of amides is 2. The Balaban J connectivity index is 2.12. The van der Waals surface area contributed by atoms with E-state index in [1.165, 1.54) is 12.8 Å². The Bertz CT molecular complexity index is 342. The minimum Gasteiger partial charge on any atom is -0.481 e. The summed E-state index contributed by atoms with van der Waals surface area (Å²) < 4.78 is 5.27. The van der Waals surface area contributed by atoms with Crippen molar-refractivity contribution in [3.63, 3.8) is 0 Å². The van der Waals surface area contributed by atoms with Crippen LogP contribution in [0.3, 0.4) is 0 Å². The molecule has 4 N–H and O–H groups in total. The number of carboxylic acids is 2. The average Bonchev–Trinajstić information content (AvgIpc) is 3.11. The first-order valence-corrected chi connectivity index (χ1v) is 6.05. The standard InChI is InChI=1S/C11H18N2O6/c14-9(15)5-8(10(16)17)13-11(18)12-3-4-19-6-7-1-2-7/h7-8H,1-6H2,(H,14,15)(H,16,17)(H2,12,13,18)/t8-/m1/s1. The van der Waals surface area contributed by atoms with Gasteiger partial charge in [0.05, 0.1) is 13.0 Å². The molecule has 0 radical (unpaired) electrons. The predicted octanol–water partition coefficient (Wildman–Crippen LogP) is -0.360. The highest BCUT2D eigenvalue weighted by molar-refractivity contribution is 5.86. The third-order valence-corrected chi connectivity index (χ3v) is 2.56. The zero-order chi connectivity index (χ0) is 14.3. The first-order chi connectivity index (χ1) is 8.99. The number of rotatable bonds is 9. The van der Waals surface area contributed by atoms with Crippen LogP contribution >= 0.6 is 0 Å². The molecule has 1 rings (SSSR count). The summed E-state index contributed by atoms with van der Waals surface area (Å²) in [5, 5.41) is 21.7. The normalized spacial score (nSPS) is 15.6. The SMILES string of the molecule is O=C(O)C[C@@H](NC(=O)NCCOCC1CC1)C(=O)O. The summed E-state index contributed by atoms with van der Waals surface area (Å²) in [6.45, 7) is 1.28. The van der Waals surface area contributed by atoms with Gasteiger partial charge in [0.1, 0.15) is 6.04 Å². The van der Waals surface area contributed by atoms with E-state index in [0.29, 0.717) is 19.1 Å². The second kappa shape index (κ2) is 7.57. The lowest BCUT2D eigenvalue weighted by molar-refractivity contribution is -0.145. The van der Waals surface area contributed by atoms with Crippen molar-refractivity contribution in [3.05, 3.63) is 0 Å². The summed E-state index contributed by atoms with van der Waals surface area (Å²) >= 11 is 0. The van der Waals surface area contributed by atoms with Crippen LogP contribution in [0.1, 0.15) is 19.3 Å². The topological polar surface area (TPSA) is 125 Å². The monoisotopic (exact) mass is 274 g/mol. The lowest BCUT2D eigenvalue weighted by Gasteiger charge is -2.13. The van der Waals surface area contributed by atoms with E-state index in [9.17, 15) is 14.4 Å². The molecule has 0 spiro atoms. The number of nitrogens with one attached hydrogen (secondary N) is 2. The van der Waals surface area contributed by atoms with Gasteiger partial charge in [0.2, 0.25) is 0 Å². The lowest BCUT2D eigenvalue weighted by atomic mass is 10.2. The minimum atomic E-state index is -1.44. The summed E-state index contributed by atoms with van der Waals surface area (Å²) in [5.74, 6) is -2.04. The summed E-state index contributed by atoms with van der Waals surface area (Å²) in [6.07, 6.45) is 1.70. The Kier molecular flexibility index (Phi) is 6.07. The maximum Gasteiger partial charge on any atom is 0.326 e. The fourth-order valence-corrected chi connectivity index (χ4v) is 1.36. The van der Waals surface area contributed by atoms with Gasteiger partial charge in [-0.1, -0.05) is 0 Å². The Morgan fingerprint density at radius 3 is 2.47 bits per heavy atom. The Hall–Kier alpha value is -1.83. The minimum absolute atomic E-state index is 0.248. The van der Waals surface area contributed by atoms with Gasteiger partial charge in [-0.3, -0.25) is 4.79 Å². The second-order valence-corrected chi connectivity index (χ2v) is 4.41. The molecular weight excluding hydrogens is 256 g/mol. The van der Waals surface area contributed by atoms with Crippen molar-refractivity contribution < 1.29 is 29.3 Å². The molecule has 1 aliphatic carbocycles. The molecule has 0 saturated heterocycles. The van der Waals surface area contributed by atoms with Crippen LogP contribution in [0.15, 0.2) is 0 Å². The van der Waals surface area contributed by atoms with Crippen molar-refractivity contribution in [2.75, 3.05) is 19.8 Å². The third kappa shape index (κ3) is 7.24. The van der Waals surface area contributed by atoms with Crippen molar-refractivity contribution in [2.45, 2.75) is 25.3 Å². The van der Waals surface area contributed by atoms with E-state index in [1.54, 1.807) is 0 Å². The van der Waals surface area contributed by atoms with Crippen molar-refractivity contribution >= 4 is 18.0 Å². The van der Waals surface area contributed by atoms with Gasteiger partial charge in [-0.15, -0.1) is 0 Å². The Morgan fingerprint density at radius 2 is 1.95 bits per heavy atom. The Morgan fingerprint density at radius 1 is 1.26 bits per heavy atom. The molecule has 19 heavy (non-hydrogen) atoms. The molecule has 108 valence electrons. The molecule has 0 aromatic heterocycles. The molecule has 0 aromatic carbocycles. The summed E-state index contributed by atoms with van der Waals surface area (Å²) in [7, 11) is 0. The maximum atomic E-state index is 11.3. The fraction of sp³-hybridized carbons (Fsp3) is 0.727. The van der Waals surface area contributed by atoms with Crippen molar-refractivity contribution in [2.24, 2.45) is 5.92 Å². The van der Waals surface area contributed by atoms with E-state index >= 15 is 0 Å². The van der Waals surface area contributed by atoms with Gasteiger partial charge in [-0.05, 0) is 18.8 Å². The molecule has 1 saturated carbocycles. The number of carbonyl (C=O) groups excluding carboxylic acids is 1. The van der Waals surface area contributed by atoms with E-state index in [0.717, 1.165) is 0 Å². The number of aliphatic carboxylic acids is 2. The zero-order valence-electron chi connectivity index (χ0n) is 10.4. The lowest BCUT2D eigenvalue weighted by Crippen LogP contribution is -2.47. The molecule has 2 amide bonds. The highest BCUT2D eigenvalue weighted by Crippen LogP contribution is 2.28. The van der Waals surface area contributed by atoms with Crippen molar-refractivity contribution in [1.29, 1.82) is 0 Å². The molecule has 0 unspecified atom stereocenters. The average molecular weight is 274 g/mol. The van der Waals surface area contributed by atoms with Crippen LogP contribution in [-0.4, -0.2) is 54.0 Å². The highest BCUT2D eigenvalue weighted by Gasteiger charge is 2.23. The summed E-state index contributed by atoms with van der Waals surface area (Å²) in [6, 6.07) is -2.16. The van der Waals surface area contributed by atoms with Gasteiger partial charge < -0.3 is 25.6 Å². The number of carboxylic acid groups (broad SMARTS) is 2. The summed E-state index contributed by atoms with van der Waals surface area (Å²) in [5.41, 5.74) is 0. The zero-order valence-corrected chi connectivity index (χ0v) is 10.4. The maximum absolute atomic E-state index is 11.3. The van der Waals surface area contributed by atoms with Crippen LogP contribution in [0.25, 0.3) is 0 Å². The van der Waals surface area contributed by atoms with Gasteiger partial charge in [-0.25, -0.2) is 9.59 Å². The number of urea groups is 1. The largest absolute Gasteiger partial charge is 0.481 e. The predicted molar refractivity (Wildman–Crippen MR) is 63.8 cm³/mol. The fourth-order valence-electron chi connectivity index (χ4n) is 1.36. The van der Waals surface area contributed by atoms with Crippen molar-refractivity contribution in [1.82, 2.24) is 10.6 Å². The molecule has 1 fully saturated rings. The molecule has 8 nitrogen and oxygen atoms in total. The smallest absolute Gasteiger partial charge is 0.326 e. The van der Waals surface area contributed by atoms with Crippen LogP contribution in [0.4, 0.5) is 4.79 Å². The van der Waals surface area contributed by atoms with Crippen LogP contribution in [0.2, 0.25) is 0 Å². The van der Waals surface area contributed by atoms with Gasteiger partial charge >= 0.3 is 18.0 Å².